The maximum absolute atomic E-state index is 12.9. The Balaban J connectivity index is 2.04. The second kappa shape index (κ2) is 6.61. The van der Waals surface area contributed by atoms with Gasteiger partial charge in [0.25, 0.3) is 5.91 Å². The molecule has 2 N–H and O–H groups in total. The Morgan fingerprint density at radius 3 is 2.44 bits per heavy atom. The number of amides is 4. The molecule has 1 saturated heterocycles. The third-order valence-electron chi connectivity index (χ3n) is 5.25. The predicted octanol–water partition coefficient (Wildman–Crippen LogP) is 2.82. The summed E-state index contributed by atoms with van der Waals surface area (Å²) in [6, 6.07) is -0.442. The van der Waals surface area contributed by atoms with Crippen LogP contribution < -0.4 is 10.6 Å². The van der Waals surface area contributed by atoms with Crippen LogP contribution in [0.2, 0.25) is 0 Å². The highest BCUT2D eigenvalue weighted by atomic mass is 16.2. The van der Waals surface area contributed by atoms with Gasteiger partial charge in [0.15, 0.2) is 0 Å². The topological polar surface area (TPSA) is 78.5 Å². The number of rotatable bonds is 4. The molecule has 0 aromatic carbocycles. The van der Waals surface area contributed by atoms with E-state index < -0.39 is 17.1 Å². The predicted molar refractivity (Wildman–Crippen MR) is 96.9 cm³/mol. The Kier molecular flexibility index (Phi) is 5.22. The van der Waals surface area contributed by atoms with E-state index in [1.54, 1.807) is 0 Å². The smallest absolute Gasteiger partial charge is 0.325 e. The van der Waals surface area contributed by atoms with E-state index >= 15 is 0 Å². The molecule has 0 radical (unpaired) electrons. The minimum atomic E-state index is -0.809. The van der Waals surface area contributed by atoms with Crippen molar-refractivity contribution in [3.63, 3.8) is 0 Å². The molecule has 2 rings (SSSR count). The Bertz CT molecular complexity index is 565. The van der Waals surface area contributed by atoms with Gasteiger partial charge in [0, 0.05) is 5.54 Å². The number of carbonyl (C=O) groups excluding carboxylic acids is 3. The molecule has 1 aliphatic heterocycles. The van der Waals surface area contributed by atoms with E-state index in [1.165, 1.54) is 0 Å². The summed E-state index contributed by atoms with van der Waals surface area (Å²) < 4.78 is 0. The van der Waals surface area contributed by atoms with E-state index in [9.17, 15) is 14.4 Å². The van der Waals surface area contributed by atoms with Crippen LogP contribution in [-0.2, 0) is 9.59 Å². The average Bonchev–Trinajstić information content (AvgIpc) is 2.64. The highest BCUT2D eigenvalue weighted by Crippen LogP contribution is 2.38. The molecule has 1 saturated carbocycles. The summed E-state index contributed by atoms with van der Waals surface area (Å²) in [6.45, 7) is 12.1. The van der Waals surface area contributed by atoms with Crippen molar-refractivity contribution < 1.29 is 14.4 Å². The first-order valence-electron chi connectivity index (χ1n) is 9.31. The van der Waals surface area contributed by atoms with Crippen LogP contribution in [0.3, 0.4) is 0 Å². The zero-order chi connectivity index (χ0) is 19.0. The fourth-order valence-electron chi connectivity index (χ4n) is 4.57. The van der Waals surface area contributed by atoms with Crippen LogP contribution >= 0.6 is 0 Å². The van der Waals surface area contributed by atoms with Crippen LogP contribution in [-0.4, -0.2) is 40.4 Å². The number of nitrogens with zero attached hydrogens (tertiary/aromatic N) is 1. The van der Waals surface area contributed by atoms with Crippen molar-refractivity contribution in [3.8, 4) is 0 Å². The first kappa shape index (κ1) is 19.7. The summed E-state index contributed by atoms with van der Waals surface area (Å²) in [7, 11) is 0. The molecule has 1 spiro atoms. The van der Waals surface area contributed by atoms with Gasteiger partial charge in [-0.05, 0) is 44.4 Å². The van der Waals surface area contributed by atoms with Crippen LogP contribution in [0, 0.1) is 11.3 Å². The summed E-state index contributed by atoms with van der Waals surface area (Å²) in [5.74, 6) is -0.435. The van der Waals surface area contributed by atoms with Crippen molar-refractivity contribution in [2.75, 3.05) is 6.54 Å². The van der Waals surface area contributed by atoms with Gasteiger partial charge in [-0.1, -0.05) is 40.5 Å². The summed E-state index contributed by atoms with van der Waals surface area (Å²) in [5, 5.41) is 5.85. The van der Waals surface area contributed by atoms with E-state index in [4.69, 9.17) is 0 Å². The lowest BCUT2D eigenvalue weighted by atomic mass is 9.73. The monoisotopic (exact) mass is 351 g/mol. The molecule has 6 nitrogen and oxygen atoms in total. The first-order valence-corrected chi connectivity index (χ1v) is 9.31. The molecular weight excluding hydrogens is 318 g/mol. The minimum absolute atomic E-state index is 0.0687. The number of hydrogen-bond donors (Lipinski definition) is 2. The molecule has 0 aromatic heterocycles. The molecule has 4 amide bonds. The molecule has 142 valence electrons. The Hall–Kier alpha value is -1.59. The lowest BCUT2D eigenvalue weighted by Gasteiger charge is -2.37. The molecular formula is C19H33N3O3. The standard InChI is InChI=1S/C19H33N3O3/c1-13-9-7-8-10-19(13)15(24)22(16(25)21-19)11-14(23)20-18(5,6)12-17(2,3)4/h13H,7-12H2,1-6H3,(H,20,23)(H,21,25)/t13-,19+/m1/s1. The number of nitrogens with one attached hydrogen (secondary N) is 2. The summed E-state index contributed by atoms with van der Waals surface area (Å²) >= 11 is 0. The van der Waals surface area contributed by atoms with Crippen molar-refractivity contribution in [2.24, 2.45) is 11.3 Å². The first-order chi connectivity index (χ1) is 11.4. The minimum Gasteiger partial charge on any atom is -0.350 e. The Morgan fingerprint density at radius 2 is 1.88 bits per heavy atom. The second-order valence-corrected chi connectivity index (χ2v) is 9.61. The molecule has 2 fully saturated rings. The largest absolute Gasteiger partial charge is 0.350 e. The maximum Gasteiger partial charge on any atom is 0.325 e. The zero-order valence-electron chi connectivity index (χ0n) is 16.5. The second-order valence-electron chi connectivity index (χ2n) is 9.61. The summed E-state index contributed by atoms with van der Waals surface area (Å²) in [5.41, 5.74) is -1.14. The molecule has 2 atom stereocenters. The van der Waals surface area contributed by atoms with Gasteiger partial charge in [0.05, 0.1) is 0 Å². The SMILES string of the molecule is C[C@@H]1CCCC[C@]12NC(=O)N(CC(=O)NC(C)(C)CC(C)(C)C)C2=O. The van der Waals surface area contributed by atoms with Gasteiger partial charge in [-0.2, -0.15) is 0 Å². The van der Waals surface area contributed by atoms with Gasteiger partial charge in [0.1, 0.15) is 12.1 Å². The summed E-state index contributed by atoms with van der Waals surface area (Å²) in [4.78, 5) is 38.8. The quantitative estimate of drug-likeness (QED) is 0.765. The molecule has 0 bridgehead atoms. The lowest BCUT2D eigenvalue weighted by molar-refractivity contribution is -0.137. The Morgan fingerprint density at radius 1 is 1.24 bits per heavy atom. The van der Waals surface area contributed by atoms with Gasteiger partial charge >= 0.3 is 6.03 Å². The molecule has 1 heterocycles. The maximum atomic E-state index is 12.9. The average molecular weight is 351 g/mol. The lowest BCUT2D eigenvalue weighted by Crippen LogP contribution is -2.54. The van der Waals surface area contributed by atoms with Crippen molar-refractivity contribution in [1.29, 1.82) is 0 Å². The molecule has 2 aliphatic rings. The van der Waals surface area contributed by atoms with Crippen molar-refractivity contribution in [2.45, 2.75) is 84.7 Å². The third-order valence-corrected chi connectivity index (χ3v) is 5.25. The zero-order valence-corrected chi connectivity index (χ0v) is 16.5. The van der Waals surface area contributed by atoms with Crippen molar-refractivity contribution in [3.05, 3.63) is 0 Å². The van der Waals surface area contributed by atoms with E-state index in [2.05, 4.69) is 31.4 Å². The number of hydrogen-bond acceptors (Lipinski definition) is 3. The van der Waals surface area contributed by atoms with Crippen LogP contribution in [0.1, 0.15) is 73.6 Å². The van der Waals surface area contributed by atoms with Crippen molar-refractivity contribution in [1.82, 2.24) is 15.5 Å². The molecule has 6 heteroatoms. The van der Waals surface area contributed by atoms with E-state index in [0.29, 0.717) is 6.42 Å². The van der Waals surface area contributed by atoms with Crippen molar-refractivity contribution >= 4 is 17.8 Å². The molecule has 1 aliphatic carbocycles. The Labute approximate surface area is 151 Å². The fraction of sp³-hybridized carbons (Fsp3) is 0.842. The van der Waals surface area contributed by atoms with E-state index in [0.717, 1.165) is 30.6 Å². The molecule has 0 aromatic rings. The third kappa shape index (κ3) is 4.33. The van der Waals surface area contributed by atoms with E-state index in [-0.39, 0.29) is 29.7 Å². The highest BCUT2D eigenvalue weighted by molar-refractivity contribution is 6.09. The van der Waals surface area contributed by atoms with Gasteiger partial charge < -0.3 is 10.6 Å². The van der Waals surface area contributed by atoms with Crippen LogP contribution in [0.4, 0.5) is 4.79 Å². The summed E-state index contributed by atoms with van der Waals surface area (Å²) in [6.07, 6.45) is 4.38. The van der Waals surface area contributed by atoms with E-state index in [1.807, 2.05) is 20.8 Å². The molecule has 25 heavy (non-hydrogen) atoms. The van der Waals surface area contributed by atoms with Gasteiger partial charge in [0.2, 0.25) is 5.91 Å². The van der Waals surface area contributed by atoms with Gasteiger partial charge in [-0.15, -0.1) is 0 Å². The number of urea groups is 1. The van der Waals surface area contributed by atoms with Crippen LogP contribution in [0.15, 0.2) is 0 Å². The number of carbonyl (C=O) groups is 3. The highest BCUT2D eigenvalue weighted by Gasteiger charge is 2.55. The molecule has 0 unspecified atom stereocenters. The normalized spacial score (nSPS) is 27.6. The van der Waals surface area contributed by atoms with Crippen LogP contribution in [0.5, 0.6) is 0 Å². The number of imide groups is 1. The van der Waals surface area contributed by atoms with Gasteiger partial charge in [-0.25, -0.2) is 4.79 Å². The van der Waals surface area contributed by atoms with Crippen LogP contribution in [0.25, 0.3) is 0 Å². The fourth-order valence-corrected chi connectivity index (χ4v) is 4.57. The van der Waals surface area contributed by atoms with Gasteiger partial charge in [-0.3, -0.25) is 14.5 Å².